The van der Waals surface area contributed by atoms with Crippen LogP contribution >= 0.6 is 0 Å². The Hall–Kier alpha value is -0.760. The van der Waals surface area contributed by atoms with Gasteiger partial charge in [0.2, 0.25) is 0 Å². The zero-order valence-electron chi connectivity index (χ0n) is 7.54. The lowest BCUT2D eigenvalue weighted by atomic mass is 9.93. The Labute approximate surface area is 72.9 Å². The Morgan fingerprint density at radius 2 is 2.17 bits per heavy atom. The van der Waals surface area contributed by atoms with Gasteiger partial charge in [-0.3, -0.25) is 0 Å². The Morgan fingerprint density at radius 3 is 2.67 bits per heavy atom. The van der Waals surface area contributed by atoms with E-state index in [2.05, 4.69) is 19.9 Å². The molecular weight excluding hydrogens is 152 g/mol. The maximum absolute atomic E-state index is 5.61. The van der Waals surface area contributed by atoms with Gasteiger partial charge in [-0.2, -0.15) is 0 Å². The maximum Gasteiger partial charge on any atom is 0.0967 e. The summed E-state index contributed by atoms with van der Waals surface area (Å²) in [6.07, 6.45) is 4.26. The molecule has 2 heteroatoms. The summed E-state index contributed by atoms with van der Waals surface area (Å²) in [5.41, 5.74) is 2.65. The van der Waals surface area contributed by atoms with Gasteiger partial charge in [-0.05, 0) is 25.0 Å². The van der Waals surface area contributed by atoms with E-state index in [0.717, 1.165) is 13.2 Å². The van der Waals surface area contributed by atoms with Crippen LogP contribution in [0.5, 0.6) is 0 Å². The second-order valence-corrected chi connectivity index (χ2v) is 3.50. The normalized spacial score (nSPS) is 34.5. The molecule has 0 spiro atoms. The average Bonchev–Trinajstić information content (AvgIpc) is 2.59. The van der Waals surface area contributed by atoms with Gasteiger partial charge >= 0.3 is 0 Å². The molecule has 0 saturated heterocycles. The van der Waals surface area contributed by atoms with Gasteiger partial charge in [0.1, 0.15) is 0 Å². The third-order valence-corrected chi connectivity index (χ3v) is 2.63. The van der Waals surface area contributed by atoms with Gasteiger partial charge in [-0.25, -0.2) is 0 Å². The highest BCUT2D eigenvalue weighted by Gasteiger charge is 2.30. The fourth-order valence-corrected chi connectivity index (χ4v) is 1.79. The van der Waals surface area contributed by atoms with Gasteiger partial charge in [-0.1, -0.05) is 6.08 Å². The predicted octanol–water partition coefficient (Wildman–Crippen LogP) is 1.88. The van der Waals surface area contributed by atoms with Gasteiger partial charge < -0.3 is 9.47 Å². The molecule has 0 amide bonds. The Bertz CT molecular complexity index is 214. The summed E-state index contributed by atoms with van der Waals surface area (Å²) in [5.74, 6) is 0.448. The van der Waals surface area contributed by atoms with Gasteiger partial charge in [-0.15, -0.1) is 0 Å². The molecule has 2 atom stereocenters. The van der Waals surface area contributed by atoms with Crippen molar-refractivity contribution in [1.29, 1.82) is 0 Å². The molecule has 66 valence electrons. The van der Waals surface area contributed by atoms with Gasteiger partial charge in [0, 0.05) is 5.92 Å². The first-order valence-corrected chi connectivity index (χ1v) is 4.35. The second-order valence-electron chi connectivity index (χ2n) is 3.50. The van der Waals surface area contributed by atoms with Crippen LogP contribution in [0.1, 0.15) is 13.8 Å². The summed E-state index contributed by atoms with van der Waals surface area (Å²) >= 11 is 0. The lowest BCUT2D eigenvalue weighted by molar-refractivity contribution is 0.0712. The highest BCUT2D eigenvalue weighted by molar-refractivity contribution is 5.19. The van der Waals surface area contributed by atoms with Crippen LogP contribution in [0.4, 0.5) is 0 Å². The molecule has 2 heterocycles. The van der Waals surface area contributed by atoms with Crippen LogP contribution in [0, 0.1) is 5.92 Å². The molecule has 0 aromatic rings. The van der Waals surface area contributed by atoms with Crippen molar-refractivity contribution >= 4 is 0 Å². The number of hydrogen-bond donors (Lipinski definition) is 0. The third-order valence-electron chi connectivity index (χ3n) is 2.63. The van der Waals surface area contributed by atoms with Gasteiger partial charge in [0.15, 0.2) is 0 Å². The average molecular weight is 166 g/mol. The van der Waals surface area contributed by atoms with E-state index in [0.29, 0.717) is 5.92 Å². The van der Waals surface area contributed by atoms with Crippen molar-refractivity contribution in [2.24, 2.45) is 5.92 Å². The minimum Gasteiger partial charge on any atom is -0.500 e. The predicted molar refractivity (Wildman–Crippen MR) is 46.7 cm³/mol. The van der Waals surface area contributed by atoms with Gasteiger partial charge in [0.25, 0.3) is 0 Å². The van der Waals surface area contributed by atoms with E-state index in [4.69, 9.17) is 9.47 Å². The van der Waals surface area contributed by atoms with Crippen molar-refractivity contribution in [3.05, 3.63) is 23.5 Å². The molecular formula is C10H14O2. The van der Waals surface area contributed by atoms with Crippen LogP contribution in [0.2, 0.25) is 0 Å². The molecule has 2 aliphatic rings. The molecule has 0 aromatic heterocycles. The molecule has 0 aromatic carbocycles. The summed E-state index contributed by atoms with van der Waals surface area (Å²) < 4.78 is 10.9. The smallest absolute Gasteiger partial charge is 0.0967 e. The first-order valence-electron chi connectivity index (χ1n) is 4.35. The van der Waals surface area contributed by atoms with Crippen LogP contribution < -0.4 is 0 Å². The SMILES string of the molecule is CC1=COCC1C1OCC=C1C. The lowest BCUT2D eigenvalue weighted by Crippen LogP contribution is -2.23. The third kappa shape index (κ3) is 1.16. The van der Waals surface area contributed by atoms with E-state index >= 15 is 0 Å². The highest BCUT2D eigenvalue weighted by atomic mass is 16.5. The fraction of sp³-hybridized carbons (Fsp3) is 0.600. The van der Waals surface area contributed by atoms with E-state index in [1.165, 1.54) is 11.1 Å². The molecule has 0 saturated carbocycles. The van der Waals surface area contributed by atoms with Crippen LogP contribution in [0.3, 0.4) is 0 Å². The number of hydrogen-bond acceptors (Lipinski definition) is 2. The second kappa shape index (κ2) is 2.94. The minimum atomic E-state index is 0.267. The molecule has 2 aliphatic heterocycles. The largest absolute Gasteiger partial charge is 0.500 e. The summed E-state index contributed by atoms with van der Waals surface area (Å²) in [5, 5.41) is 0. The van der Waals surface area contributed by atoms with Crippen LogP contribution in [0.15, 0.2) is 23.5 Å². The first-order chi connectivity index (χ1) is 5.79. The van der Waals surface area contributed by atoms with Crippen LogP contribution in [0.25, 0.3) is 0 Å². The lowest BCUT2D eigenvalue weighted by Gasteiger charge is -2.19. The standard InChI is InChI=1S/C10H14O2/c1-7-3-4-12-10(7)9-6-11-5-8(9)2/h3,5,9-10H,4,6H2,1-2H3. The van der Waals surface area contributed by atoms with Crippen molar-refractivity contribution in [2.75, 3.05) is 13.2 Å². The van der Waals surface area contributed by atoms with E-state index in [-0.39, 0.29) is 6.10 Å². The van der Waals surface area contributed by atoms with E-state index in [1.807, 2.05) is 6.26 Å². The van der Waals surface area contributed by atoms with Crippen LogP contribution in [-0.2, 0) is 9.47 Å². The number of ether oxygens (including phenoxy) is 2. The zero-order valence-corrected chi connectivity index (χ0v) is 7.54. The molecule has 2 rings (SSSR count). The Morgan fingerprint density at radius 1 is 1.33 bits per heavy atom. The minimum absolute atomic E-state index is 0.267. The topological polar surface area (TPSA) is 18.5 Å². The summed E-state index contributed by atoms with van der Waals surface area (Å²) in [6.45, 7) is 5.78. The molecule has 0 aliphatic carbocycles. The molecule has 12 heavy (non-hydrogen) atoms. The number of rotatable bonds is 1. The Balaban J connectivity index is 2.10. The van der Waals surface area contributed by atoms with Crippen molar-refractivity contribution in [3.63, 3.8) is 0 Å². The molecule has 0 bridgehead atoms. The molecule has 2 nitrogen and oxygen atoms in total. The zero-order chi connectivity index (χ0) is 8.55. The molecule has 0 radical (unpaired) electrons. The van der Waals surface area contributed by atoms with Crippen LogP contribution in [-0.4, -0.2) is 19.3 Å². The molecule has 0 N–H and O–H groups in total. The fourth-order valence-electron chi connectivity index (χ4n) is 1.79. The van der Waals surface area contributed by atoms with E-state index < -0.39 is 0 Å². The van der Waals surface area contributed by atoms with Gasteiger partial charge in [0.05, 0.1) is 25.6 Å². The monoisotopic (exact) mass is 166 g/mol. The highest BCUT2D eigenvalue weighted by Crippen LogP contribution is 2.30. The quantitative estimate of drug-likeness (QED) is 0.554. The first kappa shape index (κ1) is 7.87. The maximum atomic E-state index is 5.61. The van der Waals surface area contributed by atoms with Crippen molar-refractivity contribution in [2.45, 2.75) is 20.0 Å². The summed E-state index contributed by atoms with van der Waals surface area (Å²) in [4.78, 5) is 0. The van der Waals surface area contributed by atoms with Crippen molar-refractivity contribution < 1.29 is 9.47 Å². The summed E-state index contributed by atoms with van der Waals surface area (Å²) in [7, 11) is 0. The van der Waals surface area contributed by atoms with E-state index in [9.17, 15) is 0 Å². The molecule has 0 fully saturated rings. The summed E-state index contributed by atoms with van der Waals surface area (Å²) in [6, 6.07) is 0. The van der Waals surface area contributed by atoms with Crippen molar-refractivity contribution in [1.82, 2.24) is 0 Å². The van der Waals surface area contributed by atoms with E-state index in [1.54, 1.807) is 0 Å². The molecule has 2 unspecified atom stereocenters. The Kier molecular flexibility index (Phi) is 1.93. The van der Waals surface area contributed by atoms with Crippen molar-refractivity contribution in [3.8, 4) is 0 Å².